The minimum absolute atomic E-state index is 0.116. The largest absolute Gasteiger partial charge is 0.376 e. The average Bonchev–Trinajstić information content (AvgIpc) is 2.33. The third-order valence-electron chi connectivity index (χ3n) is 2.67. The van der Waals surface area contributed by atoms with Crippen LogP contribution in [0.15, 0.2) is 36.4 Å². The summed E-state index contributed by atoms with van der Waals surface area (Å²) >= 11 is 5.98. The van der Waals surface area contributed by atoms with Crippen molar-refractivity contribution in [3.8, 4) is 0 Å². The Morgan fingerprint density at radius 2 is 1.78 bits per heavy atom. The lowest BCUT2D eigenvalue weighted by Crippen LogP contribution is -2.03. The van der Waals surface area contributed by atoms with Crippen LogP contribution < -0.4 is 5.32 Å². The highest BCUT2D eigenvalue weighted by Gasteiger charge is 2.07. The van der Waals surface area contributed by atoms with Gasteiger partial charge in [-0.15, -0.1) is 0 Å². The molecule has 0 amide bonds. The molecule has 0 fully saturated rings. The number of nitrogens with one attached hydrogen (secondary N) is 1. The van der Waals surface area contributed by atoms with Gasteiger partial charge in [0.1, 0.15) is 17.3 Å². The molecule has 18 heavy (non-hydrogen) atoms. The Bertz CT molecular complexity index is 549. The Balaban J connectivity index is 2.14. The van der Waals surface area contributed by atoms with Crippen molar-refractivity contribution in [1.29, 1.82) is 0 Å². The van der Waals surface area contributed by atoms with Gasteiger partial charge in [0.05, 0.1) is 0 Å². The molecule has 1 nitrogen and oxygen atoms in total. The molecule has 0 atom stereocenters. The summed E-state index contributed by atoms with van der Waals surface area (Å²) in [5.74, 6) is -1.21. The summed E-state index contributed by atoms with van der Waals surface area (Å²) < 4.78 is 26.7. The minimum Gasteiger partial charge on any atom is -0.376 e. The molecule has 0 aromatic heterocycles. The van der Waals surface area contributed by atoms with Crippen LogP contribution in [0.2, 0.25) is 5.02 Å². The number of hydrogen-bond donors (Lipinski definition) is 1. The second-order valence-corrected chi connectivity index (χ2v) is 4.44. The van der Waals surface area contributed by atoms with Crippen molar-refractivity contribution >= 4 is 17.3 Å². The quantitative estimate of drug-likeness (QED) is 0.861. The van der Waals surface area contributed by atoms with E-state index >= 15 is 0 Å². The van der Waals surface area contributed by atoms with Crippen LogP contribution >= 0.6 is 11.6 Å². The zero-order chi connectivity index (χ0) is 13.1. The third-order valence-corrected chi connectivity index (χ3v) is 3.08. The highest BCUT2D eigenvalue weighted by Crippen LogP contribution is 2.21. The van der Waals surface area contributed by atoms with Gasteiger partial charge in [0.15, 0.2) is 0 Å². The van der Waals surface area contributed by atoms with Crippen LogP contribution in [0.4, 0.5) is 14.5 Å². The second-order valence-electron chi connectivity index (χ2n) is 4.03. The maximum Gasteiger partial charge on any atom is 0.149 e. The maximum atomic E-state index is 13.4. The van der Waals surface area contributed by atoms with E-state index in [2.05, 4.69) is 5.32 Å². The zero-order valence-corrected chi connectivity index (χ0v) is 10.6. The van der Waals surface area contributed by atoms with Gasteiger partial charge in [-0.2, -0.15) is 0 Å². The van der Waals surface area contributed by atoms with E-state index in [1.807, 2.05) is 19.1 Å². The fourth-order valence-corrected chi connectivity index (χ4v) is 1.81. The lowest BCUT2D eigenvalue weighted by Gasteiger charge is -2.09. The molecule has 0 aliphatic rings. The first kappa shape index (κ1) is 12.8. The molecule has 0 aliphatic carbocycles. The van der Waals surface area contributed by atoms with Crippen molar-refractivity contribution < 1.29 is 8.78 Å². The first-order valence-electron chi connectivity index (χ1n) is 5.51. The summed E-state index contributed by atoms with van der Waals surface area (Å²) in [6.07, 6.45) is 0. The van der Waals surface area contributed by atoms with E-state index in [1.165, 1.54) is 18.2 Å². The summed E-state index contributed by atoms with van der Waals surface area (Å²) in [4.78, 5) is 0. The molecule has 0 aliphatic heterocycles. The zero-order valence-electron chi connectivity index (χ0n) is 9.81. The highest BCUT2D eigenvalue weighted by molar-refractivity contribution is 6.31. The molecule has 0 saturated heterocycles. The monoisotopic (exact) mass is 267 g/mol. The van der Waals surface area contributed by atoms with E-state index in [0.717, 1.165) is 11.1 Å². The Kier molecular flexibility index (Phi) is 3.82. The SMILES string of the molecule is Cc1ccc(CNc2c(F)cccc2F)cc1Cl. The molecule has 94 valence electrons. The van der Waals surface area contributed by atoms with E-state index in [9.17, 15) is 8.78 Å². The normalized spacial score (nSPS) is 10.4. The van der Waals surface area contributed by atoms with Crippen molar-refractivity contribution in [2.24, 2.45) is 0 Å². The second kappa shape index (κ2) is 5.36. The first-order valence-corrected chi connectivity index (χ1v) is 5.88. The van der Waals surface area contributed by atoms with E-state index in [-0.39, 0.29) is 5.69 Å². The van der Waals surface area contributed by atoms with Crippen molar-refractivity contribution in [2.75, 3.05) is 5.32 Å². The van der Waals surface area contributed by atoms with E-state index in [1.54, 1.807) is 6.07 Å². The van der Waals surface area contributed by atoms with Crippen LogP contribution in [0, 0.1) is 18.6 Å². The predicted molar refractivity (Wildman–Crippen MR) is 69.9 cm³/mol. The number of hydrogen-bond acceptors (Lipinski definition) is 1. The number of benzene rings is 2. The predicted octanol–water partition coefficient (Wildman–Crippen LogP) is 4.54. The Labute approximate surface area is 109 Å². The van der Waals surface area contributed by atoms with Gasteiger partial charge < -0.3 is 5.32 Å². The molecule has 0 radical (unpaired) electrons. The Morgan fingerprint density at radius 3 is 2.39 bits per heavy atom. The van der Waals surface area contributed by atoms with Gasteiger partial charge in [-0.05, 0) is 36.2 Å². The van der Waals surface area contributed by atoms with Crippen LogP contribution in [0.25, 0.3) is 0 Å². The lowest BCUT2D eigenvalue weighted by atomic mass is 10.1. The first-order chi connectivity index (χ1) is 8.58. The smallest absolute Gasteiger partial charge is 0.149 e. The van der Waals surface area contributed by atoms with Gasteiger partial charge in [-0.25, -0.2) is 8.78 Å². The van der Waals surface area contributed by atoms with Crippen LogP contribution in [0.3, 0.4) is 0 Å². The molecule has 2 aromatic carbocycles. The molecule has 0 unspecified atom stereocenters. The fourth-order valence-electron chi connectivity index (χ4n) is 1.60. The molecule has 0 heterocycles. The van der Waals surface area contributed by atoms with Gasteiger partial charge in [-0.3, -0.25) is 0 Å². The van der Waals surface area contributed by atoms with Gasteiger partial charge in [0.25, 0.3) is 0 Å². The van der Waals surface area contributed by atoms with Crippen LogP contribution in [-0.4, -0.2) is 0 Å². The minimum atomic E-state index is -0.604. The molecule has 0 spiro atoms. The van der Waals surface area contributed by atoms with Crippen LogP contribution in [0.5, 0.6) is 0 Å². The number of halogens is 3. The van der Waals surface area contributed by atoms with E-state index < -0.39 is 11.6 Å². The number of anilines is 1. The van der Waals surface area contributed by atoms with Crippen molar-refractivity contribution in [1.82, 2.24) is 0 Å². The Hall–Kier alpha value is -1.61. The molecule has 2 aromatic rings. The molecule has 2 rings (SSSR count). The van der Waals surface area contributed by atoms with Gasteiger partial charge in [-0.1, -0.05) is 29.8 Å². The fraction of sp³-hybridized carbons (Fsp3) is 0.143. The van der Waals surface area contributed by atoms with Crippen LogP contribution in [0.1, 0.15) is 11.1 Å². The number of rotatable bonds is 3. The van der Waals surface area contributed by atoms with Crippen molar-refractivity contribution in [3.05, 3.63) is 64.2 Å². The standard InChI is InChI=1S/C14H12ClF2N/c1-9-5-6-10(7-11(9)15)8-18-14-12(16)3-2-4-13(14)17/h2-7,18H,8H2,1H3. The third kappa shape index (κ3) is 2.79. The molecule has 0 saturated carbocycles. The molecule has 4 heteroatoms. The van der Waals surface area contributed by atoms with Gasteiger partial charge in [0.2, 0.25) is 0 Å². The summed E-state index contributed by atoms with van der Waals surface area (Å²) in [7, 11) is 0. The lowest BCUT2D eigenvalue weighted by molar-refractivity contribution is 0.588. The van der Waals surface area contributed by atoms with Gasteiger partial charge in [0, 0.05) is 11.6 Å². The average molecular weight is 268 g/mol. The maximum absolute atomic E-state index is 13.4. The molecular weight excluding hydrogens is 256 g/mol. The highest BCUT2D eigenvalue weighted by atomic mass is 35.5. The summed E-state index contributed by atoms with van der Waals surface area (Å²) in [6, 6.07) is 9.28. The van der Waals surface area contributed by atoms with E-state index in [0.29, 0.717) is 11.6 Å². The Morgan fingerprint density at radius 1 is 1.11 bits per heavy atom. The molecule has 0 bridgehead atoms. The molecule has 1 N–H and O–H groups in total. The van der Waals surface area contributed by atoms with Crippen molar-refractivity contribution in [2.45, 2.75) is 13.5 Å². The summed E-state index contributed by atoms with van der Waals surface area (Å²) in [6.45, 7) is 2.22. The number of para-hydroxylation sites is 1. The molecular formula is C14H12ClF2N. The number of aryl methyl sites for hydroxylation is 1. The van der Waals surface area contributed by atoms with E-state index in [4.69, 9.17) is 11.6 Å². The van der Waals surface area contributed by atoms with Crippen LogP contribution in [-0.2, 0) is 6.54 Å². The summed E-state index contributed by atoms with van der Waals surface area (Å²) in [5, 5.41) is 3.38. The summed E-state index contributed by atoms with van der Waals surface area (Å²) in [5.41, 5.74) is 1.72. The van der Waals surface area contributed by atoms with Gasteiger partial charge >= 0.3 is 0 Å². The van der Waals surface area contributed by atoms with Crippen molar-refractivity contribution in [3.63, 3.8) is 0 Å². The topological polar surface area (TPSA) is 12.0 Å².